The molecule has 0 bridgehead atoms. The molecule has 1 atom stereocenters. The highest BCUT2D eigenvalue weighted by Crippen LogP contribution is 2.16. The molecule has 3 N–H and O–H groups in total. The van der Waals surface area contributed by atoms with Crippen LogP contribution in [-0.4, -0.2) is 34.3 Å². The monoisotopic (exact) mass is 366 g/mol. The van der Waals surface area contributed by atoms with Gasteiger partial charge in [0.1, 0.15) is 16.7 Å². The first-order chi connectivity index (χ1) is 11.2. The van der Waals surface area contributed by atoms with Crippen molar-refractivity contribution in [2.45, 2.75) is 25.6 Å². The van der Waals surface area contributed by atoms with Crippen LogP contribution < -0.4 is 11.1 Å². The molecular weight excluding hydrogens is 348 g/mol. The first-order valence-corrected chi connectivity index (χ1v) is 8.33. The minimum Gasteiger partial charge on any atom is -0.339 e. The van der Waals surface area contributed by atoms with Gasteiger partial charge in [-0.05, 0) is 12.0 Å². The minimum atomic E-state index is -0.478. The maximum Gasteiger partial charge on any atom is 0.271 e. The lowest BCUT2D eigenvalue weighted by atomic mass is 10.2. The molecule has 1 aliphatic heterocycles. The Labute approximate surface area is 150 Å². The van der Waals surface area contributed by atoms with Gasteiger partial charge in [0.25, 0.3) is 5.91 Å². The molecule has 1 aromatic heterocycles. The molecule has 1 fully saturated rings. The molecule has 2 heterocycles. The first kappa shape index (κ1) is 18.4. The van der Waals surface area contributed by atoms with Gasteiger partial charge in [-0.3, -0.25) is 9.59 Å². The number of nitrogens with two attached hydrogens (primary N) is 1. The molecule has 0 radical (unpaired) electrons. The van der Waals surface area contributed by atoms with E-state index in [1.165, 1.54) is 11.3 Å². The van der Waals surface area contributed by atoms with Gasteiger partial charge in [-0.15, -0.1) is 23.7 Å². The average Bonchev–Trinajstić information content (AvgIpc) is 3.18. The zero-order valence-electron chi connectivity index (χ0n) is 13.0. The van der Waals surface area contributed by atoms with Crippen LogP contribution in [0.5, 0.6) is 0 Å². The largest absolute Gasteiger partial charge is 0.339 e. The van der Waals surface area contributed by atoms with Gasteiger partial charge in [0, 0.05) is 25.0 Å². The fourth-order valence-corrected chi connectivity index (χ4v) is 3.23. The van der Waals surface area contributed by atoms with E-state index in [0.717, 1.165) is 5.56 Å². The van der Waals surface area contributed by atoms with Crippen molar-refractivity contribution >= 4 is 35.6 Å². The van der Waals surface area contributed by atoms with Gasteiger partial charge in [-0.25, -0.2) is 4.98 Å². The Bertz CT molecular complexity index is 707. The number of halogens is 1. The van der Waals surface area contributed by atoms with E-state index in [1.54, 1.807) is 10.3 Å². The Morgan fingerprint density at radius 3 is 2.79 bits per heavy atom. The average molecular weight is 367 g/mol. The number of carbonyl (C=O) groups excluding carboxylic acids is 2. The molecular formula is C16H19ClN4O2S. The van der Waals surface area contributed by atoms with Gasteiger partial charge in [0.2, 0.25) is 5.91 Å². The lowest BCUT2D eigenvalue weighted by molar-refractivity contribution is -0.129. The zero-order valence-corrected chi connectivity index (χ0v) is 14.6. The normalized spacial score (nSPS) is 16.8. The highest BCUT2D eigenvalue weighted by molar-refractivity contribution is 7.09. The Hall–Kier alpha value is -1.96. The zero-order chi connectivity index (χ0) is 16.2. The fraction of sp³-hybridized carbons (Fsp3) is 0.312. The van der Waals surface area contributed by atoms with Crippen molar-refractivity contribution in [1.82, 2.24) is 15.2 Å². The minimum absolute atomic E-state index is 0. The molecule has 24 heavy (non-hydrogen) atoms. The quantitative estimate of drug-likeness (QED) is 0.840. The number of nitrogens with one attached hydrogen (secondary N) is 1. The van der Waals surface area contributed by atoms with Crippen LogP contribution in [-0.2, 0) is 17.9 Å². The molecule has 2 amide bonds. The molecule has 6 nitrogen and oxygen atoms in total. The summed E-state index contributed by atoms with van der Waals surface area (Å²) in [7, 11) is 0. The van der Waals surface area contributed by atoms with Gasteiger partial charge in [-0.2, -0.15) is 0 Å². The topological polar surface area (TPSA) is 88.3 Å². The van der Waals surface area contributed by atoms with Crippen LogP contribution >= 0.6 is 23.7 Å². The number of nitrogens with zero attached hydrogens (tertiary/aromatic N) is 2. The number of amides is 2. The molecule has 0 spiro atoms. The van der Waals surface area contributed by atoms with Crippen molar-refractivity contribution in [2.24, 2.45) is 5.73 Å². The number of aromatic nitrogens is 1. The molecule has 8 heteroatoms. The third-order valence-electron chi connectivity index (χ3n) is 3.78. The number of likely N-dealkylation sites (tertiary alicyclic amines) is 1. The molecule has 1 aromatic carbocycles. The van der Waals surface area contributed by atoms with Crippen LogP contribution in [0.3, 0.4) is 0 Å². The number of thiazole rings is 1. The summed E-state index contributed by atoms with van der Waals surface area (Å²) in [6.45, 7) is 1.52. The van der Waals surface area contributed by atoms with Crippen LogP contribution in [0.15, 0.2) is 35.7 Å². The predicted molar refractivity (Wildman–Crippen MR) is 95.0 cm³/mol. The van der Waals surface area contributed by atoms with E-state index < -0.39 is 6.04 Å². The highest BCUT2D eigenvalue weighted by Gasteiger charge is 2.33. The Balaban J connectivity index is 0.00000208. The van der Waals surface area contributed by atoms with Gasteiger partial charge < -0.3 is 16.0 Å². The summed E-state index contributed by atoms with van der Waals surface area (Å²) in [5.41, 5.74) is 6.90. The van der Waals surface area contributed by atoms with Gasteiger partial charge in [0.05, 0.1) is 0 Å². The summed E-state index contributed by atoms with van der Waals surface area (Å²) >= 11 is 1.35. The van der Waals surface area contributed by atoms with Gasteiger partial charge >= 0.3 is 0 Å². The summed E-state index contributed by atoms with van der Waals surface area (Å²) in [5.74, 6) is -0.364. The molecule has 1 saturated heterocycles. The molecule has 3 rings (SSSR count). The SMILES string of the molecule is Cl.NCc1nc(C(=O)NC2CCN(Cc3ccccc3)C2=O)cs1. The Morgan fingerprint density at radius 1 is 1.38 bits per heavy atom. The number of benzene rings is 1. The molecule has 1 unspecified atom stereocenters. The molecule has 2 aromatic rings. The van der Waals surface area contributed by atoms with Crippen LogP contribution in [0.1, 0.15) is 27.5 Å². The summed E-state index contributed by atoms with van der Waals surface area (Å²) in [6.07, 6.45) is 0.616. The Kier molecular flexibility index (Phi) is 6.30. The second-order valence-corrected chi connectivity index (χ2v) is 6.33. The maximum absolute atomic E-state index is 12.4. The lowest BCUT2D eigenvalue weighted by Crippen LogP contribution is -2.41. The second-order valence-electron chi connectivity index (χ2n) is 5.39. The van der Waals surface area contributed by atoms with E-state index in [9.17, 15) is 9.59 Å². The van der Waals surface area contributed by atoms with Crippen LogP contribution in [0, 0.1) is 0 Å². The third-order valence-corrected chi connectivity index (χ3v) is 4.65. The summed E-state index contributed by atoms with van der Waals surface area (Å²) in [4.78, 5) is 30.5. The summed E-state index contributed by atoms with van der Waals surface area (Å²) in [6, 6.07) is 9.35. The fourth-order valence-electron chi connectivity index (χ4n) is 2.57. The van der Waals surface area contributed by atoms with Crippen molar-refractivity contribution in [3.8, 4) is 0 Å². The molecule has 0 aliphatic carbocycles. The van der Waals surface area contributed by atoms with Gasteiger partial charge in [-0.1, -0.05) is 30.3 Å². The lowest BCUT2D eigenvalue weighted by Gasteiger charge is -2.17. The van der Waals surface area contributed by atoms with Crippen molar-refractivity contribution in [3.05, 3.63) is 52.0 Å². The molecule has 1 aliphatic rings. The van der Waals surface area contributed by atoms with Crippen molar-refractivity contribution in [2.75, 3.05) is 6.54 Å². The number of carbonyl (C=O) groups is 2. The van der Waals surface area contributed by atoms with E-state index in [2.05, 4.69) is 10.3 Å². The Morgan fingerprint density at radius 2 is 2.12 bits per heavy atom. The number of hydrogen-bond acceptors (Lipinski definition) is 5. The molecule has 0 saturated carbocycles. The number of hydrogen-bond donors (Lipinski definition) is 2. The predicted octanol–water partition coefficient (Wildman–Crippen LogP) is 1.55. The van der Waals surface area contributed by atoms with E-state index in [4.69, 9.17) is 5.73 Å². The van der Waals surface area contributed by atoms with Crippen LogP contribution in [0.4, 0.5) is 0 Å². The van der Waals surface area contributed by atoms with Crippen molar-refractivity contribution in [3.63, 3.8) is 0 Å². The maximum atomic E-state index is 12.4. The third kappa shape index (κ3) is 4.11. The standard InChI is InChI=1S/C16H18N4O2S.ClH/c17-8-14-18-13(10-23-14)15(21)19-12-6-7-20(16(12)22)9-11-4-2-1-3-5-11;/h1-5,10,12H,6-9,17H2,(H,19,21);1H. The highest BCUT2D eigenvalue weighted by atomic mass is 35.5. The first-order valence-electron chi connectivity index (χ1n) is 7.45. The van der Waals surface area contributed by atoms with E-state index in [0.29, 0.717) is 36.8 Å². The smallest absolute Gasteiger partial charge is 0.271 e. The van der Waals surface area contributed by atoms with E-state index in [-0.39, 0.29) is 24.2 Å². The van der Waals surface area contributed by atoms with E-state index >= 15 is 0 Å². The summed E-state index contributed by atoms with van der Waals surface area (Å²) < 4.78 is 0. The van der Waals surface area contributed by atoms with Crippen LogP contribution in [0.25, 0.3) is 0 Å². The van der Waals surface area contributed by atoms with Crippen LogP contribution in [0.2, 0.25) is 0 Å². The van der Waals surface area contributed by atoms with Crippen molar-refractivity contribution < 1.29 is 9.59 Å². The van der Waals surface area contributed by atoms with Crippen molar-refractivity contribution in [1.29, 1.82) is 0 Å². The molecule has 128 valence electrons. The summed E-state index contributed by atoms with van der Waals surface area (Å²) in [5, 5.41) is 5.14. The van der Waals surface area contributed by atoms with Gasteiger partial charge in [0.15, 0.2) is 0 Å². The number of rotatable bonds is 5. The second kappa shape index (κ2) is 8.23. The van der Waals surface area contributed by atoms with E-state index in [1.807, 2.05) is 30.3 Å².